The summed E-state index contributed by atoms with van der Waals surface area (Å²) in [7, 11) is 0. The summed E-state index contributed by atoms with van der Waals surface area (Å²) < 4.78 is 21.3. The van der Waals surface area contributed by atoms with Crippen LogP contribution in [0.3, 0.4) is 0 Å². The highest BCUT2D eigenvalue weighted by Crippen LogP contribution is 2.23. The number of aromatic nitrogens is 2. The summed E-state index contributed by atoms with van der Waals surface area (Å²) >= 11 is 5.80. The molecule has 1 heterocycles. The van der Waals surface area contributed by atoms with Crippen LogP contribution in [0.2, 0.25) is 5.15 Å². The zero-order valence-corrected chi connectivity index (χ0v) is 10.8. The van der Waals surface area contributed by atoms with Crippen molar-refractivity contribution in [3.63, 3.8) is 0 Å². The van der Waals surface area contributed by atoms with Crippen LogP contribution in [0.25, 0.3) is 0 Å². The molecule has 0 atom stereocenters. The van der Waals surface area contributed by atoms with E-state index in [1.54, 1.807) is 0 Å². The fourth-order valence-corrected chi connectivity index (χ4v) is 1.70. The highest BCUT2D eigenvalue weighted by Gasteiger charge is 2.14. The molecule has 0 spiro atoms. The smallest absolute Gasteiger partial charge is 0.273 e. The van der Waals surface area contributed by atoms with Crippen molar-refractivity contribution in [3.05, 3.63) is 46.7 Å². The van der Waals surface area contributed by atoms with E-state index in [0.29, 0.717) is 0 Å². The number of halogens is 1. The maximum absolute atomic E-state index is 12.0. The Morgan fingerprint density at radius 3 is 2.84 bits per heavy atom. The second kappa shape index (κ2) is 5.67. The van der Waals surface area contributed by atoms with Crippen LogP contribution in [0.1, 0.15) is 20.2 Å². The maximum atomic E-state index is 12.0. The lowest BCUT2D eigenvalue weighted by Gasteiger charge is -2.12. The lowest BCUT2D eigenvalue weighted by molar-refractivity contribution is 0.0958. The molecule has 0 aliphatic rings. The van der Waals surface area contributed by atoms with Gasteiger partial charge in [0.05, 0.1) is 5.69 Å². The Morgan fingerprint density at radius 1 is 1.32 bits per heavy atom. The molecule has 1 aromatic heterocycles. The van der Waals surface area contributed by atoms with Gasteiger partial charge in [-0.05, 0) is 18.6 Å². The van der Waals surface area contributed by atoms with Crippen molar-refractivity contribution in [1.82, 2.24) is 15.5 Å². The van der Waals surface area contributed by atoms with Crippen molar-refractivity contribution in [3.8, 4) is 0 Å². The van der Waals surface area contributed by atoms with Gasteiger partial charge in [0.1, 0.15) is 0 Å². The molecule has 1 amide bonds. The molecule has 0 saturated heterocycles. The van der Waals surface area contributed by atoms with Gasteiger partial charge < -0.3 is 10.6 Å². The number of anilines is 2. The van der Waals surface area contributed by atoms with Gasteiger partial charge in [-0.25, -0.2) is 0 Å². The first kappa shape index (κ1) is 9.75. The van der Waals surface area contributed by atoms with E-state index in [2.05, 4.69) is 15.5 Å². The summed E-state index contributed by atoms with van der Waals surface area (Å²) in [5.74, 6) is -0.861. The van der Waals surface area contributed by atoms with Gasteiger partial charge >= 0.3 is 0 Å². The summed E-state index contributed by atoms with van der Waals surface area (Å²) in [6, 6.07) is 8.82. The van der Waals surface area contributed by atoms with E-state index >= 15 is 0 Å². The Labute approximate surface area is 120 Å². The molecule has 1 aromatic carbocycles. The van der Waals surface area contributed by atoms with E-state index in [-0.39, 0.29) is 16.5 Å². The molecule has 0 radical (unpaired) electrons. The summed E-state index contributed by atoms with van der Waals surface area (Å²) in [5, 5.41) is 12.2. The van der Waals surface area contributed by atoms with Crippen LogP contribution in [0.5, 0.6) is 0 Å². The quantitative estimate of drug-likeness (QED) is 0.906. The molecule has 0 unspecified atom stereocenters. The number of hydrogen-bond donors (Lipinski definition) is 2. The zero-order chi connectivity index (χ0) is 16.3. The minimum Gasteiger partial charge on any atom is -0.354 e. The SMILES string of the molecule is [2H]C([2H])([2H])NC(=O)c1nnc(Cl)cc1Nc1ccccc1C. The molecule has 5 nitrogen and oxygen atoms in total. The number of nitrogens with zero attached hydrogens (tertiary/aromatic N) is 2. The van der Waals surface area contributed by atoms with Crippen LogP contribution >= 0.6 is 11.6 Å². The van der Waals surface area contributed by atoms with Crippen molar-refractivity contribution < 1.29 is 8.91 Å². The molecule has 2 aromatic rings. The molecule has 0 aliphatic carbocycles. The van der Waals surface area contributed by atoms with E-state index in [1.165, 1.54) is 6.07 Å². The van der Waals surface area contributed by atoms with Gasteiger partial charge in [0.25, 0.3) is 5.91 Å². The Hall–Kier alpha value is -2.14. The van der Waals surface area contributed by atoms with Crippen LogP contribution in [0.4, 0.5) is 11.4 Å². The normalized spacial score (nSPS) is 13.1. The second-order valence-corrected chi connectivity index (χ2v) is 4.21. The van der Waals surface area contributed by atoms with Crippen molar-refractivity contribution in [1.29, 1.82) is 0 Å². The van der Waals surface area contributed by atoms with Crippen LogP contribution in [0.15, 0.2) is 30.3 Å². The fraction of sp³-hybridized carbons (Fsp3) is 0.154. The Bertz CT molecular complexity index is 706. The van der Waals surface area contributed by atoms with Gasteiger partial charge in [-0.1, -0.05) is 29.8 Å². The van der Waals surface area contributed by atoms with Crippen molar-refractivity contribution in [2.75, 3.05) is 12.3 Å². The summed E-state index contributed by atoms with van der Waals surface area (Å²) in [5.41, 5.74) is 1.81. The van der Waals surface area contributed by atoms with Gasteiger partial charge in [-0.15, -0.1) is 10.2 Å². The van der Waals surface area contributed by atoms with E-state index < -0.39 is 12.9 Å². The minimum absolute atomic E-state index is 0.0847. The number of rotatable bonds is 3. The maximum Gasteiger partial charge on any atom is 0.273 e. The monoisotopic (exact) mass is 279 g/mol. The Balaban J connectivity index is 2.36. The fourth-order valence-electron chi connectivity index (χ4n) is 1.55. The third-order valence-corrected chi connectivity index (χ3v) is 2.69. The number of carbonyl (C=O) groups excluding carboxylic acids is 1. The number of amides is 1. The molecule has 0 bridgehead atoms. The molecule has 0 saturated carbocycles. The minimum atomic E-state index is -2.61. The van der Waals surface area contributed by atoms with E-state index in [0.717, 1.165) is 11.3 Å². The van der Waals surface area contributed by atoms with Crippen LogP contribution in [-0.4, -0.2) is 23.1 Å². The van der Waals surface area contributed by atoms with Crippen molar-refractivity contribution >= 4 is 28.9 Å². The first-order chi connectivity index (χ1) is 10.3. The predicted octanol–water partition coefficient (Wildman–Crippen LogP) is 2.54. The average molecular weight is 280 g/mol. The predicted molar refractivity (Wildman–Crippen MR) is 74.9 cm³/mol. The van der Waals surface area contributed by atoms with Crippen LogP contribution < -0.4 is 10.6 Å². The first-order valence-corrected chi connectivity index (χ1v) is 5.82. The number of carbonyl (C=O) groups is 1. The first-order valence-electron chi connectivity index (χ1n) is 6.95. The molecule has 0 fully saturated rings. The largest absolute Gasteiger partial charge is 0.354 e. The number of para-hydroxylation sites is 1. The van der Waals surface area contributed by atoms with Crippen molar-refractivity contribution in [2.24, 2.45) is 0 Å². The highest BCUT2D eigenvalue weighted by atomic mass is 35.5. The molecule has 2 rings (SSSR count). The number of benzene rings is 1. The molecule has 0 aliphatic heterocycles. The average Bonchev–Trinajstić information content (AvgIpc) is 2.39. The van der Waals surface area contributed by atoms with Gasteiger partial charge in [0.2, 0.25) is 0 Å². The second-order valence-electron chi connectivity index (χ2n) is 3.82. The molecule has 2 N–H and O–H groups in total. The molecular weight excluding hydrogens is 264 g/mol. The van der Waals surface area contributed by atoms with Crippen LogP contribution in [0, 0.1) is 6.92 Å². The van der Waals surface area contributed by atoms with E-state index in [4.69, 9.17) is 15.7 Å². The molecular formula is C13H13ClN4O. The molecule has 6 heteroatoms. The van der Waals surface area contributed by atoms with Crippen molar-refractivity contribution in [2.45, 2.75) is 6.92 Å². The number of hydrogen-bond acceptors (Lipinski definition) is 4. The van der Waals surface area contributed by atoms with E-state index in [9.17, 15) is 4.79 Å². The molecule has 98 valence electrons. The zero-order valence-electron chi connectivity index (χ0n) is 13.1. The third kappa shape index (κ3) is 3.00. The van der Waals surface area contributed by atoms with Gasteiger partial charge in [-0.2, -0.15) is 0 Å². The Kier molecular flexibility index (Phi) is 2.91. The van der Waals surface area contributed by atoms with E-state index in [1.807, 2.05) is 36.5 Å². The highest BCUT2D eigenvalue weighted by molar-refractivity contribution is 6.29. The number of nitrogens with one attached hydrogen (secondary N) is 2. The van der Waals surface area contributed by atoms with Crippen LogP contribution in [-0.2, 0) is 0 Å². The lowest BCUT2D eigenvalue weighted by Crippen LogP contribution is -2.21. The standard InChI is InChI=1S/C13H13ClN4O/c1-8-5-3-4-6-9(8)16-10-7-11(14)17-18-12(10)13(19)15-2/h3-7H,1-2H3,(H,15,19)(H,16,17)/i2D3. The number of aryl methyl sites for hydroxylation is 1. The molecule has 19 heavy (non-hydrogen) atoms. The summed E-state index contributed by atoms with van der Waals surface area (Å²) in [4.78, 5) is 12.0. The summed E-state index contributed by atoms with van der Waals surface area (Å²) in [6.07, 6.45) is 0. The Morgan fingerprint density at radius 2 is 2.11 bits per heavy atom. The topological polar surface area (TPSA) is 66.9 Å². The summed E-state index contributed by atoms with van der Waals surface area (Å²) in [6.45, 7) is -0.723. The van der Waals surface area contributed by atoms with Gasteiger partial charge in [0, 0.05) is 22.8 Å². The van der Waals surface area contributed by atoms with Gasteiger partial charge in [-0.3, -0.25) is 4.79 Å². The van der Waals surface area contributed by atoms with Gasteiger partial charge in [0.15, 0.2) is 10.8 Å². The third-order valence-electron chi connectivity index (χ3n) is 2.51. The lowest BCUT2D eigenvalue weighted by atomic mass is 10.2.